The molecule has 0 radical (unpaired) electrons. The Morgan fingerprint density at radius 1 is 1.80 bits per heavy atom. The van der Waals surface area contributed by atoms with Crippen molar-refractivity contribution in [1.29, 1.82) is 0 Å². The summed E-state index contributed by atoms with van der Waals surface area (Å²) in [5.74, 6) is -0.979. The molecule has 10 heavy (non-hydrogen) atoms. The van der Waals surface area contributed by atoms with E-state index in [4.69, 9.17) is 0 Å². The van der Waals surface area contributed by atoms with E-state index in [1.54, 1.807) is 0 Å². The maximum Gasteiger partial charge on any atom is 0.240 e. The van der Waals surface area contributed by atoms with Gasteiger partial charge in [-0.05, 0) is 5.34 Å². The first-order valence-corrected chi connectivity index (χ1v) is 2.44. The zero-order valence-corrected chi connectivity index (χ0v) is 5.14. The predicted octanol–water partition coefficient (Wildman–Crippen LogP) is 0.462. The third-order valence-corrected chi connectivity index (χ3v) is 0.856. The molecule has 0 unspecified atom stereocenters. The highest BCUT2D eigenvalue weighted by Gasteiger charge is 2.10. The number of hydrazone groups is 1. The first-order valence-electron chi connectivity index (χ1n) is 2.44. The van der Waals surface area contributed by atoms with Gasteiger partial charge in [0.05, 0.1) is 13.2 Å². The zero-order valence-electron chi connectivity index (χ0n) is 5.14. The summed E-state index contributed by atoms with van der Waals surface area (Å²) < 4.78 is 28.7. The highest BCUT2D eigenvalue weighted by Crippen LogP contribution is 2.03. The molecule has 0 fully saturated rings. The van der Waals surface area contributed by atoms with Crippen molar-refractivity contribution in [2.24, 2.45) is 5.10 Å². The second-order valence-corrected chi connectivity index (χ2v) is 1.51. The summed E-state index contributed by atoms with van der Waals surface area (Å²) in [6.07, 6.45) is 0.927. The van der Waals surface area contributed by atoms with Crippen LogP contribution in [0.25, 0.3) is 0 Å². The van der Waals surface area contributed by atoms with Gasteiger partial charge in [0.2, 0.25) is 11.8 Å². The van der Waals surface area contributed by atoms with Crippen molar-refractivity contribution in [3.8, 4) is 0 Å². The Hall–Kier alpha value is -1.33. The predicted molar refractivity (Wildman–Crippen MR) is 29.7 cm³/mol. The number of hydrazine groups is 1. The minimum Gasteiger partial charge on any atom is -0.481 e. The molecule has 1 heterocycles. The number of rotatable bonds is 1. The second-order valence-electron chi connectivity index (χ2n) is 1.51. The van der Waals surface area contributed by atoms with Gasteiger partial charge in [-0.15, -0.1) is 0 Å². The smallest absolute Gasteiger partial charge is 0.240 e. The summed E-state index contributed by atoms with van der Waals surface area (Å²) in [4.78, 5) is 0. The van der Waals surface area contributed by atoms with E-state index in [2.05, 4.69) is 9.84 Å². The summed E-state index contributed by atoms with van der Waals surface area (Å²) in [5, 5.41) is 2.46. The Morgan fingerprint density at radius 2 is 2.50 bits per heavy atom. The number of hydrogen-bond acceptors (Lipinski definition) is 4. The molecule has 0 aromatic carbocycles. The van der Waals surface area contributed by atoms with Crippen molar-refractivity contribution in [1.82, 2.24) is 10.8 Å². The van der Waals surface area contributed by atoms with Crippen LogP contribution in [0.4, 0.5) is 8.87 Å². The first-order chi connectivity index (χ1) is 4.72. The quantitative estimate of drug-likeness (QED) is 0.550. The van der Waals surface area contributed by atoms with Crippen LogP contribution in [0.15, 0.2) is 17.1 Å². The third kappa shape index (κ3) is 1.34. The molecule has 4 nitrogen and oxygen atoms in total. The van der Waals surface area contributed by atoms with Gasteiger partial charge in [-0.2, -0.15) is 4.39 Å². The molecule has 0 saturated carbocycles. The average Bonchev–Trinajstić information content (AvgIpc) is 1.85. The molecule has 0 spiro atoms. The van der Waals surface area contributed by atoms with Crippen LogP contribution in [0.2, 0.25) is 0 Å². The summed E-state index contributed by atoms with van der Waals surface area (Å²) in [6, 6.07) is 0. The molecular formula is C4H5F2N3O. The van der Waals surface area contributed by atoms with E-state index in [0.29, 0.717) is 0 Å². The Labute approximate surface area is 55.7 Å². The van der Waals surface area contributed by atoms with Gasteiger partial charge in [0.25, 0.3) is 0 Å². The van der Waals surface area contributed by atoms with E-state index >= 15 is 0 Å². The van der Waals surface area contributed by atoms with Crippen LogP contribution in [0.5, 0.6) is 0 Å². The van der Waals surface area contributed by atoms with Gasteiger partial charge >= 0.3 is 0 Å². The van der Waals surface area contributed by atoms with Gasteiger partial charge < -0.3 is 4.74 Å². The maximum absolute atomic E-state index is 12.1. The van der Waals surface area contributed by atoms with Gasteiger partial charge in [-0.25, -0.2) is 5.43 Å². The topological polar surface area (TPSA) is 36.9 Å². The van der Waals surface area contributed by atoms with Gasteiger partial charge in [0, 0.05) is 0 Å². The number of nitrogens with zero attached hydrogens (tertiary/aromatic N) is 2. The summed E-state index contributed by atoms with van der Waals surface area (Å²) >= 11 is 0. The minimum atomic E-state index is -0.946. The summed E-state index contributed by atoms with van der Waals surface area (Å²) in [7, 11) is 1.28. The molecule has 0 aromatic heterocycles. The lowest BCUT2D eigenvalue weighted by Gasteiger charge is -2.14. The molecule has 1 aliphatic heterocycles. The van der Waals surface area contributed by atoms with Crippen molar-refractivity contribution < 1.29 is 13.6 Å². The average molecular weight is 149 g/mol. The Morgan fingerprint density at radius 3 is 3.00 bits per heavy atom. The Kier molecular flexibility index (Phi) is 1.70. The van der Waals surface area contributed by atoms with Crippen LogP contribution >= 0.6 is 0 Å². The Bertz CT molecular complexity index is 191. The van der Waals surface area contributed by atoms with Crippen LogP contribution in [-0.4, -0.2) is 18.4 Å². The standard InChI is InChI=1S/C4H5F2N3O/c1-10-4-2-3(5)7-9(6)8-4/h2,8H,1H3. The summed E-state index contributed by atoms with van der Waals surface area (Å²) in [6.45, 7) is 0. The molecule has 56 valence electrons. The van der Waals surface area contributed by atoms with Crippen LogP contribution in [0.1, 0.15) is 0 Å². The van der Waals surface area contributed by atoms with E-state index in [-0.39, 0.29) is 11.2 Å². The molecule has 0 saturated heterocycles. The highest BCUT2D eigenvalue weighted by molar-refractivity contribution is 5.87. The third-order valence-electron chi connectivity index (χ3n) is 0.856. The highest BCUT2D eigenvalue weighted by atomic mass is 19.2. The van der Waals surface area contributed by atoms with Crippen molar-refractivity contribution >= 4 is 5.97 Å². The SMILES string of the molecule is COC1=CC(F)=NN(F)N1. The monoisotopic (exact) mass is 149 g/mol. The fraction of sp³-hybridized carbons (Fsp3) is 0.250. The molecule has 0 amide bonds. The van der Waals surface area contributed by atoms with Gasteiger partial charge in [-0.1, -0.05) is 9.58 Å². The number of methoxy groups -OCH3 is 1. The van der Waals surface area contributed by atoms with Crippen molar-refractivity contribution in [2.45, 2.75) is 0 Å². The number of nitrogens with one attached hydrogen (secondary N) is 1. The lowest BCUT2D eigenvalue weighted by molar-refractivity contribution is -0.0405. The lowest BCUT2D eigenvalue weighted by Crippen LogP contribution is -2.30. The van der Waals surface area contributed by atoms with Gasteiger partial charge in [-0.3, -0.25) is 0 Å². The second kappa shape index (κ2) is 2.51. The van der Waals surface area contributed by atoms with Crippen LogP contribution in [-0.2, 0) is 4.74 Å². The van der Waals surface area contributed by atoms with Crippen LogP contribution < -0.4 is 5.43 Å². The minimum absolute atomic E-state index is 0.0324. The van der Waals surface area contributed by atoms with Crippen molar-refractivity contribution in [2.75, 3.05) is 7.11 Å². The van der Waals surface area contributed by atoms with E-state index in [9.17, 15) is 8.87 Å². The normalized spacial score (nSPS) is 17.3. The van der Waals surface area contributed by atoms with Crippen LogP contribution in [0, 0.1) is 0 Å². The van der Waals surface area contributed by atoms with Crippen LogP contribution in [0.3, 0.4) is 0 Å². The molecule has 0 bridgehead atoms. The largest absolute Gasteiger partial charge is 0.481 e. The number of hydrogen-bond donors (Lipinski definition) is 1. The summed E-state index contributed by atoms with van der Waals surface area (Å²) in [5.41, 5.74) is 1.97. The molecule has 6 heteroatoms. The van der Waals surface area contributed by atoms with Gasteiger partial charge in [0.1, 0.15) is 0 Å². The van der Waals surface area contributed by atoms with Crippen molar-refractivity contribution in [3.63, 3.8) is 0 Å². The molecule has 0 aliphatic carbocycles. The Balaban J connectivity index is 2.70. The first kappa shape index (κ1) is 6.79. The molecule has 0 aromatic rings. The molecule has 1 N–H and O–H groups in total. The molecule has 0 atom stereocenters. The van der Waals surface area contributed by atoms with E-state index in [1.165, 1.54) is 7.11 Å². The molecule has 1 rings (SSSR count). The van der Waals surface area contributed by atoms with E-state index < -0.39 is 5.97 Å². The molecule has 1 aliphatic rings. The maximum atomic E-state index is 12.1. The zero-order chi connectivity index (χ0) is 7.56. The van der Waals surface area contributed by atoms with E-state index in [1.807, 2.05) is 5.43 Å². The van der Waals surface area contributed by atoms with Gasteiger partial charge in [0.15, 0.2) is 0 Å². The van der Waals surface area contributed by atoms with E-state index in [0.717, 1.165) is 6.08 Å². The molecular weight excluding hydrogens is 144 g/mol. The fourth-order valence-electron chi connectivity index (χ4n) is 0.474. The number of ether oxygens (including phenoxy) is 1. The number of allylic oxidation sites excluding steroid dienone is 1. The number of halogens is 2. The van der Waals surface area contributed by atoms with Crippen molar-refractivity contribution in [3.05, 3.63) is 12.0 Å². The fourth-order valence-corrected chi connectivity index (χ4v) is 0.474. The lowest BCUT2D eigenvalue weighted by atomic mass is 10.6.